The number of carbonyl (C=O) groups is 2. The summed E-state index contributed by atoms with van der Waals surface area (Å²) in [7, 11) is 0. The van der Waals surface area contributed by atoms with Gasteiger partial charge < -0.3 is 10.1 Å². The lowest BCUT2D eigenvalue weighted by molar-refractivity contribution is -0.123. The summed E-state index contributed by atoms with van der Waals surface area (Å²) in [6.07, 6.45) is 1.86. The molecular formula is C15H20FNO3. The van der Waals surface area contributed by atoms with Crippen molar-refractivity contribution < 1.29 is 18.7 Å². The number of carbonyl (C=O) groups excluding carboxylic acids is 2. The van der Waals surface area contributed by atoms with Gasteiger partial charge in [-0.25, -0.2) is 4.39 Å². The molecule has 0 fully saturated rings. The molecule has 1 N–H and O–H groups in total. The van der Waals surface area contributed by atoms with E-state index in [2.05, 4.69) is 5.32 Å². The van der Waals surface area contributed by atoms with Gasteiger partial charge in [0.05, 0.1) is 0 Å². The first kappa shape index (κ1) is 16.1. The third-order valence-electron chi connectivity index (χ3n) is 2.83. The predicted molar refractivity (Wildman–Crippen MR) is 74.4 cm³/mol. The van der Waals surface area contributed by atoms with E-state index >= 15 is 0 Å². The molecule has 0 aromatic heterocycles. The third kappa shape index (κ3) is 4.99. The van der Waals surface area contributed by atoms with E-state index in [1.807, 2.05) is 13.8 Å². The maximum atomic E-state index is 13.6. The highest BCUT2D eigenvalue weighted by molar-refractivity contribution is 5.94. The number of benzene rings is 1. The minimum Gasteiger partial charge on any atom is -0.481 e. The Morgan fingerprint density at radius 1 is 1.40 bits per heavy atom. The Bertz CT molecular complexity index is 488. The van der Waals surface area contributed by atoms with E-state index in [1.165, 1.54) is 19.1 Å². The number of rotatable bonds is 7. The van der Waals surface area contributed by atoms with Crippen LogP contribution in [-0.2, 0) is 4.79 Å². The molecule has 4 nitrogen and oxygen atoms in total. The van der Waals surface area contributed by atoms with Crippen LogP contribution < -0.4 is 10.1 Å². The van der Waals surface area contributed by atoms with Gasteiger partial charge in [0, 0.05) is 11.6 Å². The van der Waals surface area contributed by atoms with E-state index in [1.54, 1.807) is 0 Å². The van der Waals surface area contributed by atoms with Crippen molar-refractivity contribution in [3.63, 3.8) is 0 Å². The van der Waals surface area contributed by atoms with Gasteiger partial charge in [-0.15, -0.1) is 0 Å². The van der Waals surface area contributed by atoms with Crippen molar-refractivity contribution >= 4 is 11.7 Å². The molecule has 1 rings (SSSR count). The van der Waals surface area contributed by atoms with E-state index in [0.29, 0.717) is 0 Å². The fraction of sp³-hybridized carbons (Fsp3) is 0.467. The van der Waals surface area contributed by atoms with E-state index in [0.717, 1.165) is 18.9 Å². The summed E-state index contributed by atoms with van der Waals surface area (Å²) < 4.78 is 18.7. The summed E-state index contributed by atoms with van der Waals surface area (Å²) in [6, 6.07) is 4.00. The average Bonchev–Trinajstić information content (AvgIpc) is 2.37. The molecule has 0 aliphatic carbocycles. The molecule has 0 aliphatic rings. The van der Waals surface area contributed by atoms with Crippen LogP contribution in [0.15, 0.2) is 18.2 Å². The molecule has 0 saturated carbocycles. The molecule has 0 spiro atoms. The molecule has 1 amide bonds. The highest BCUT2D eigenvalue weighted by atomic mass is 19.1. The average molecular weight is 281 g/mol. The largest absolute Gasteiger partial charge is 0.481 e. The smallest absolute Gasteiger partial charge is 0.258 e. The number of hydrogen-bond acceptors (Lipinski definition) is 3. The number of ether oxygens (including phenoxy) is 1. The molecule has 5 heteroatoms. The van der Waals surface area contributed by atoms with E-state index in [4.69, 9.17) is 4.74 Å². The Morgan fingerprint density at radius 2 is 2.10 bits per heavy atom. The lowest BCUT2D eigenvalue weighted by atomic mass is 10.1. The SMILES string of the molecule is CCCC(C)NC(=O)COc1ccc(C(C)=O)cc1F. The van der Waals surface area contributed by atoms with Crippen LogP contribution in [-0.4, -0.2) is 24.3 Å². The molecule has 0 saturated heterocycles. The Labute approximate surface area is 118 Å². The van der Waals surface area contributed by atoms with Gasteiger partial charge in [0.2, 0.25) is 0 Å². The lowest BCUT2D eigenvalue weighted by Crippen LogP contribution is -2.36. The second-order valence-electron chi connectivity index (χ2n) is 4.75. The molecular weight excluding hydrogens is 261 g/mol. The van der Waals surface area contributed by atoms with Gasteiger partial charge in [0.1, 0.15) is 0 Å². The van der Waals surface area contributed by atoms with Crippen LogP contribution in [0.4, 0.5) is 4.39 Å². The Morgan fingerprint density at radius 3 is 2.65 bits per heavy atom. The summed E-state index contributed by atoms with van der Waals surface area (Å²) in [5.41, 5.74) is 0.274. The fourth-order valence-corrected chi connectivity index (χ4v) is 1.80. The molecule has 0 heterocycles. The number of nitrogens with one attached hydrogen (secondary N) is 1. The topological polar surface area (TPSA) is 55.4 Å². The molecule has 1 unspecified atom stereocenters. The number of amides is 1. The molecule has 0 aliphatic heterocycles. The first-order valence-corrected chi connectivity index (χ1v) is 6.66. The van der Waals surface area contributed by atoms with Gasteiger partial charge in [0.15, 0.2) is 24.0 Å². The van der Waals surface area contributed by atoms with Gasteiger partial charge in [-0.05, 0) is 38.5 Å². The minimum atomic E-state index is -0.646. The molecule has 0 radical (unpaired) electrons. The van der Waals surface area contributed by atoms with Crippen LogP contribution in [0.3, 0.4) is 0 Å². The van der Waals surface area contributed by atoms with E-state index in [-0.39, 0.29) is 35.7 Å². The van der Waals surface area contributed by atoms with Gasteiger partial charge in [0.25, 0.3) is 5.91 Å². The Hall–Kier alpha value is -1.91. The minimum absolute atomic E-state index is 0.0340. The molecule has 1 aromatic carbocycles. The second-order valence-corrected chi connectivity index (χ2v) is 4.75. The number of halogens is 1. The molecule has 1 aromatic rings. The van der Waals surface area contributed by atoms with Crippen molar-refractivity contribution in [2.75, 3.05) is 6.61 Å². The number of ketones is 1. The van der Waals surface area contributed by atoms with Crippen LogP contribution in [0.2, 0.25) is 0 Å². The highest BCUT2D eigenvalue weighted by Gasteiger charge is 2.11. The van der Waals surface area contributed by atoms with Crippen LogP contribution in [0.25, 0.3) is 0 Å². The van der Waals surface area contributed by atoms with Crippen molar-refractivity contribution in [2.24, 2.45) is 0 Å². The molecule has 1 atom stereocenters. The first-order valence-electron chi connectivity index (χ1n) is 6.66. The molecule has 0 bridgehead atoms. The van der Waals surface area contributed by atoms with Crippen molar-refractivity contribution in [2.45, 2.75) is 39.7 Å². The zero-order valence-electron chi connectivity index (χ0n) is 12.0. The number of hydrogen-bond donors (Lipinski definition) is 1. The summed E-state index contributed by atoms with van der Waals surface area (Å²) in [5.74, 6) is -1.19. The maximum absolute atomic E-state index is 13.6. The normalized spacial score (nSPS) is 11.8. The Kier molecular flexibility index (Phi) is 6.15. The summed E-state index contributed by atoms with van der Waals surface area (Å²) in [6.45, 7) is 5.05. The van der Waals surface area contributed by atoms with Crippen molar-refractivity contribution in [1.82, 2.24) is 5.32 Å². The van der Waals surface area contributed by atoms with Gasteiger partial charge in [-0.2, -0.15) is 0 Å². The zero-order valence-corrected chi connectivity index (χ0v) is 12.0. The summed E-state index contributed by atoms with van der Waals surface area (Å²) in [5, 5.41) is 2.76. The fourth-order valence-electron chi connectivity index (χ4n) is 1.80. The van der Waals surface area contributed by atoms with Gasteiger partial charge >= 0.3 is 0 Å². The van der Waals surface area contributed by atoms with Crippen molar-refractivity contribution in [3.05, 3.63) is 29.6 Å². The highest BCUT2D eigenvalue weighted by Crippen LogP contribution is 2.18. The predicted octanol–water partition coefficient (Wildman–Crippen LogP) is 2.71. The molecule has 110 valence electrons. The van der Waals surface area contributed by atoms with Crippen molar-refractivity contribution in [1.29, 1.82) is 0 Å². The van der Waals surface area contributed by atoms with Crippen molar-refractivity contribution in [3.8, 4) is 5.75 Å². The third-order valence-corrected chi connectivity index (χ3v) is 2.83. The van der Waals surface area contributed by atoms with Crippen LogP contribution >= 0.6 is 0 Å². The van der Waals surface area contributed by atoms with Crippen LogP contribution in [0.5, 0.6) is 5.75 Å². The van der Waals surface area contributed by atoms with Crippen LogP contribution in [0, 0.1) is 5.82 Å². The lowest BCUT2D eigenvalue weighted by Gasteiger charge is -2.13. The van der Waals surface area contributed by atoms with E-state index in [9.17, 15) is 14.0 Å². The van der Waals surface area contributed by atoms with Gasteiger partial charge in [-0.1, -0.05) is 13.3 Å². The van der Waals surface area contributed by atoms with Crippen LogP contribution in [0.1, 0.15) is 44.0 Å². The monoisotopic (exact) mass is 281 g/mol. The first-order chi connectivity index (χ1) is 9.43. The summed E-state index contributed by atoms with van der Waals surface area (Å²) >= 11 is 0. The number of Topliss-reactive ketones (excluding diaryl/α,β-unsaturated/α-hetero) is 1. The van der Waals surface area contributed by atoms with E-state index < -0.39 is 5.82 Å². The standard InChI is InChI=1S/C15H20FNO3/c1-4-5-10(2)17-15(19)9-20-14-7-6-12(11(3)18)8-13(14)16/h6-8,10H,4-5,9H2,1-3H3,(H,17,19). The molecule has 20 heavy (non-hydrogen) atoms. The second kappa shape index (κ2) is 7.62. The Balaban J connectivity index is 2.53. The maximum Gasteiger partial charge on any atom is 0.258 e. The summed E-state index contributed by atoms with van der Waals surface area (Å²) in [4.78, 5) is 22.7. The van der Waals surface area contributed by atoms with Gasteiger partial charge in [-0.3, -0.25) is 9.59 Å². The quantitative estimate of drug-likeness (QED) is 0.782. The zero-order chi connectivity index (χ0) is 15.1.